The van der Waals surface area contributed by atoms with Gasteiger partial charge in [-0.15, -0.1) is 0 Å². The second-order valence-corrected chi connectivity index (χ2v) is 7.99. The molecular weight excluding hydrogens is 420 g/mol. The predicted molar refractivity (Wildman–Crippen MR) is 119 cm³/mol. The van der Waals surface area contributed by atoms with E-state index in [0.29, 0.717) is 18.3 Å². The number of pyridine rings is 1. The first kappa shape index (κ1) is 22.0. The summed E-state index contributed by atoms with van der Waals surface area (Å²) in [5.74, 6) is 1.12. The molecule has 1 saturated carbocycles. The normalized spacial score (nSPS) is 16.4. The highest BCUT2D eigenvalue weighted by Crippen LogP contribution is 2.46. The van der Waals surface area contributed by atoms with Gasteiger partial charge >= 0.3 is 6.15 Å². The predicted octanol–water partition coefficient (Wildman–Crippen LogP) is 3.74. The average Bonchev–Trinajstić information content (AvgIpc) is 3.51. The van der Waals surface area contributed by atoms with Crippen LogP contribution in [0.2, 0.25) is 0 Å². The summed E-state index contributed by atoms with van der Waals surface area (Å²) in [6, 6.07) is 14.7. The van der Waals surface area contributed by atoms with E-state index in [2.05, 4.69) is 63.8 Å². The molecule has 2 unspecified atom stereocenters. The largest absolute Gasteiger partial charge is 0.373 e. The molecule has 8 nitrogen and oxygen atoms in total. The van der Waals surface area contributed by atoms with Crippen molar-refractivity contribution in [3.8, 4) is 11.1 Å². The summed E-state index contributed by atoms with van der Waals surface area (Å²) < 4.78 is 5.20. The van der Waals surface area contributed by atoms with Crippen LogP contribution in [0.1, 0.15) is 35.2 Å². The van der Waals surface area contributed by atoms with Gasteiger partial charge in [0, 0.05) is 24.3 Å². The van der Waals surface area contributed by atoms with E-state index in [1.807, 2.05) is 18.5 Å². The third-order valence-electron chi connectivity index (χ3n) is 5.68. The maximum atomic E-state index is 12.6. The third kappa shape index (κ3) is 4.86. The number of nitrogens with zero attached hydrogens (tertiary/aromatic N) is 3. The molecule has 0 saturated heterocycles. The maximum Gasteiger partial charge on any atom is 0.373 e. The van der Waals surface area contributed by atoms with E-state index in [4.69, 9.17) is 14.1 Å². The van der Waals surface area contributed by atoms with Gasteiger partial charge in [-0.3, -0.25) is 9.78 Å². The van der Waals surface area contributed by atoms with E-state index in [-0.39, 0.29) is 23.9 Å². The summed E-state index contributed by atoms with van der Waals surface area (Å²) in [5, 5.41) is 9.07. The van der Waals surface area contributed by atoms with Gasteiger partial charge in [0.05, 0.1) is 11.8 Å². The first-order valence-electron chi connectivity index (χ1n) is 10.5. The van der Waals surface area contributed by atoms with E-state index < -0.39 is 0 Å². The number of benzene rings is 2. The van der Waals surface area contributed by atoms with Crippen molar-refractivity contribution < 1.29 is 18.9 Å². The highest BCUT2D eigenvalue weighted by molar-refractivity contribution is 5.98. The lowest BCUT2D eigenvalue weighted by atomic mass is 9.95. The van der Waals surface area contributed by atoms with Gasteiger partial charge in [-0.1, -0.05) is 47.1 Å². The van der Waals surface area contributed by atoms with Crippen molar-refractivity contribution in [3.63, 3.8) is 0 Å². The quantitative estimate of drug-likeness (QED) is 0.501. The van der Waals surface area contributed by atoms with Crippen LogP contribution < -0.4 is 5.32 Å². The average molecular weight is 442 g/mol. The molecule has 0 spiro atoms. The van der Waals surface area contributed by atoms with Crippen molar-refractivity contribution in [3.05, 3.63) is 77.7 Å². The van der Waals surface area contributed by atoms with Crippen LogP contribution >= 0.6 is 0 Å². The molecule has 1 aliphatic rings. The lowest BCUT2D eigenvalue weighted by molar-refractivity contribution is -0.191. The van der Waals surface area contributed by atoms with Crippen molar-refractivity contribution in [2.75, 3.05) is 0 Å². The molecule has 0 radical (unpaired) electrons. The molecule has 1 fully saturated rings. The Morgan fingerprint density at radius 1 is 1.15 bits per heavy atom. The molecule has 2 aromatic carbocycles. The molecule has 4 aromatic rings. The number of fused-ring (bicyclic) bond motifs is 1. The molecule has 2 heterocycles. The molecule has 8 heteroatoms. The monoisotopic (exact) mass is 442 g/mol. The van der Waals surface area contributed by atoms with Crippen LogP contribution in [0.15, 0.2) is 59.4 Å². The Morgan fingerprint density at radius 3 is 2.70 bits per heavy atom. The maximum absolute atomic E-state index is 12.6. The van der Waals surface area contributed by atoms with Crippen molar-refractivity contribution >= 4 is 22.8 Å². The second kappa shape index (κ2) is 9.54. The summed E-state index contributed by atoms with van der Waals surface area (Å²) >= 11 is 0. The molecule has 1 N–H and O–H groups in total. The van der Waals surface area contributed by atoms with Crippen molar-refractivity contribution in [2.45, 2.75) is 32.7 Å². The Morgan fingerprint density at radius 2 is 1.97 bits per heavy atom. The number of rotatable bonds is 5. The zero-order chi connectivity index (χ0) is 23.4. The van der Waals surface area contributed by atoms with Gasteiger partial charge in [-0.25, -0.2) is 0 Å². The van der Waals surface area contributed by atoms with Gasteiger partial charge in [0.15, 0.2) is 5.82 Å². The molecule has 1 amide bonds. The summed E-state index contributed by atoms with van der Waals surface area (Å²) in [6.07, 6.45) is 4.69. The zero-order valence-electron chi connectivity index (χ0n) is 18.2. The molecular formula is C25H22N4O4. The zero-order valence-corrected chi connectivity index (χ0v) is 18.2. The molecule has 166 valence electrons. The number of carbonyl (C=O) groups excluding carboxylic acids is 3. The lowest BCUT2D eigenvalue weighted by Crippen LogP contribution is -2.25. The Balaban J connectivity index is 0.000000821. The molecule has 1 aliphatic carbocycles. The minimum Gasteiger partial charge on any atom is -0.352 e. The van der Waals surface area contributed by atoms with Crippen LogP contribution in [0.3, 0.4) is 0 Å². The minimum absolute atomic E-state index is 0.0238. The van der Waals surface area contributed by atoms with Crippen LogP contribution in [-0.4, -0.2) is 27.2 Å². The molecule has 0 aliphatic heterocycles. The van der Waals surface area contributed by atoms with E-state index in [9.17, 15) is 4.79 Å². The molecule has 0 bridgehead atoms. The summed E-state index contributed by atoms with van der Waals surface area (Å²) in [6.45, 7) is 4.34. The van der Waals surface area contributed by atoms with Gasteiger partial charge in [-0.2, -0.15) is 14.6 Å². The number of aromatic nitrogens is 3. The van der Waals surface area contributed by atoms with Crippen LogP contribution in [0, 0.1) is 19.8 Å². The van der Waals surface area contributed by atoms with E-state index >= 15 is 0 Å². The van der Waals surface area contributed by atoms with Gasteiger partial charge in [-0.05, 0) is 48.4 Å². The molecule has 2 aromatic heterocycles. The van der Waals surface area contributed by atoms with E-state index in [1.165, 1.54) is 16.7 Å². The van der Waals surface area contributed by atoms with Gasteiger partial charge < -0.3 is 9.84 Å². The van der Waals surface area contributed by atoms with Gasteiger partial charge in [0.2, 0.25) is 11.8 Å². The van der Waals surface area contributed by atoms with Gasteiger partial charge in [0.25, 0.3) is 0 Å². The van der Waals surface area contributed by atoms with Crippen molar-refractivity contribution in [1.82, 2.24) is 20.4 Å². The lowest BCUT2D eigenvalue weighted by Gasteiger charge is -2.12. The summed E-state index contributed by atoms with van der Waals surface area (Å²) in [5.41, 5.74) is 4.62. The highest BCUT2D eigenvalue weighted by atomic mass is 16.5. The fourth-order valence-electron chi connectivity index (χ4n) is 4.00. The smallest absolute Gasteiger partial charge is 0.352 e. The van der Waals surface area contributed by atoms with Crippen molar-refractivity contribution in [2.24, 2.45) is 5.92 Å². The summed E-state index contributed by atoms with van der Waals surface area (Å²) in [7, 11) is 0. The first-order valence-corrected chi connectivity index (χ1v) is 10.5. The number of hydrogen-bond acceptors (Lipinski definition) is 7. The van der Waals surface area contributed by atoms with E-state index in [0.717, 1.165) is 22.8 Å². The SMILES string of the molecule is Cc1cccc(-c2ccc(CNC(=O)C3CC3c3nc(C)no3)c3cnccc23)c1.O=C=O. The van der Waals surface area contributed by atoms with Crippen LogP contribution in [0.5, 0.6) is 0 Å². The Labute approximate surface area is 190 Å². The topological polar surface area (TPSA) is 115 Å². The van der Waals surface area contributed by atoms with Crippen LogP contribution in [0.4, 0.5) is 0 Å². The number of amides is 1. The highest BCUT2D eigenvalue weighted by Gasteiger charge is 2.47. The number of aryl methyl sites for hydroxylation is 2. The summed E-state index contributed by atoms with van der Waals surface area (Å²) in [4.78, 5) is 37.4. The number of hydrogen-bond donors (Lipinski definition) is 1. The molecule has 2 atom stereocenters. The Bertz CT molecular complexity index is 1340. The molecule has 33 heavy (non-hydrogen) atoms. The fourth-order valence-corrected chi connectivity index (χ4v) is 4.00. The van der Waals surface area contributed by atoms with Crippen molar-refractivity contribution in [1.29, 1.82) is 0 Å². The van der Waals surface area contributed by atoms with E-state index in [1.54, 1.807) is 6.92 Å². The Kier molecular flexibility index (Phi) is 6.38. The fraction of sp³-hybridized carbons (Fsp3) is 0.240. The van der Waals surface area contributed by atoms with Crippen LogP contribution in [0.25, 0.3) is 21.9 Å². The number of carbonyl (C=O) groups is 1. The Hall–Kier alpha value is -4.16. The van der Waals surface area contributed by atoms with Gasteiger partial charge in [0.1, 0.15) is 0 Å². The number of nitrogens with one attached hydrogen (secondary N) is 1. The standard InChI is InChI=1S/C24H22N4O2.CO2/c1-14-4-3-5-16(10-14)18-7-6-17(22-13-25-9-8-19(18)22)12-26-23(29)20-11-21(20)24-27-15(2)28-30-24;2-1-3/h3-10,13,20-21H,11-12H2,1-2H3,(H,26,29);. The third-order valence-corrected chi connectivity index (χ3v) is 5.68. The minimum atomic E-state index is -0.0965. The second-order valence-electron chi connectivity index (χ2n) is 7.99. The first-order chi connectivity index (χ1) is 16.0. The molecule has 5 rings (SSSR count). The van der Waals surface area contributed by atoms with Crippen LogP contribution in [-0.2, 0) is 20.9 Å².